The first-order valence-electron chi connectivity index (χ1n) is 9.39. The van der Waals surface area contributed by atoms with Gasteiger partial charge in [-0.15, -0.1) is 22.7 Å². The third-order valence-electron chi connectivity index (χ3n) is 4.53. The molecule has 3 rings (SSSR count). The van der Waals surface area contributed by atoms with E-state index in [4.69, 9.17) is 4.74 Å². The number of aliphatic hydroxyl groups is 4. The third-order valence-corrected chi connectivity index (χ3v) is 6.41. The van der Waals surface area contributed by atoms with Crippen LogP contribution in [0.1, 0.15) is 20.4 Å². The Morgan fingerprint density at radius 3 is 2.74 bits per heavy atom. The highest BCUT2D eigenvalue weighted by molar-refractivity contribution is 7.20. The van der Waals surface area contributed by atoms with Gasteiger partial charge in [0.25, 0.3) is 5.56 Å². The quantitative estimate of drug-likeness (QED) is 0.214. The molecule has 3 heterocycles. The molecule has 0 amide bonds. The molecular formula is C19H23N3O7S2. The molecule has 168 valence electrons. The van der Waals surface area contributed by atoms with E-state index in [1.807, 2.05) is 17.5 Å². The lowest BCUT2D eigenvalue weighted by molar-refractivity contribution is -0.119. The average Bonchev–Trinajstić information content (AvgIpc) is 3.41. The van der Waals surface area contributed by atoms with Gasteiger partial charge in [0.15, 0.2) is 6.10 Å². The zero-order valence-electron chi connectivity index (χ0n) is 16.5. The van der Waals surface area contributed by atoms with Crippen LogP contribution < -0.4 is 10.9 Å². The number of carbonyl (C=O) groups excluding carboxylic acids is 1. The molecule has 3 aromatic heterocycles. The van der Waals surface area contributed by atoms with E-state index in [1.165, 1.54) is 17.4 Å². The number of thiophene rings is 2. The van der Waals surface area contributed by atoms with Crippen molar-refractivity contribution in [3.8, 4) is 0 Å². The van der Waals surface area contributed by atoms with E-state index < -0.39 is 42.6 Å². The lowest BCUT2D eigenvalue weighted by atomic mass is 10.0. The summed E-state index contributed by atoms with van der Waals surface area (Å²) in [5.74, 6) is -0.462. The standard InChI is InChI=1S/C19H23N3O7S2/c1-20-7-11(24)15(26)16(12(25)8-23)29-19(28)13-6-10-17(27)21-14(22-18(10)31-13)5-9-3-2-4-30-9/h2-4,6,11-12,15-16,20,23-26H,5,7-8H2,1H3,(H,21,22,27). The van der Waals surface area contributed by atoms with Crippen LogP contribution in [0.2, 0.25) is 0 Å². The summed E-state index contributed by atoms with van der Waals surface area (Å²) in [5.41, 5.74) is -0.400. The maximum atomic E-state index is 12.6. The molecule has 4 unspecified atom stereocenters. The van der Waals surface area contributed by atoms with E-state index in [2.05, 4.69) is 15.3 Å². The van der Waals surface area contributed by atoms with E-state index in [-0.39, 0.29) is 16.8 Å². The summed E-state index contributed by atoms with van der Waals surface area (Å²) < 4.78 is 5.19. The van der Waals surface area contributed by atoms with Gasteiger partial charge in [0, 0.05) is 17.8 Å². The summed E-state index contributed by atoms with van der Waals surface area (Å²) in [6.07, 6.45) is -5.74. The summed E-state index contributed by atoms with van der Waals surface area (Å²) in [6, 6.07) is 5.14. The Kier molecular flexibility index (Phi) is 7.89. The predicted molar refractivity (Wildman–Crippen MR) is 116 cm³/mol. The summed E-state index contributed by atoms with van der Waals surface area (Å²) in [5, 5.41) is 44.2. The van der Waals surface area contributed by atoms with Crippen molar-refractivity contribution in [2.75, 3.05) is 20.2 Å². The molecule has 0 aliphatic carbocycles. The third kappa shape index (κ3) is 5.54. The summed E-state index contributed by atoms with van der Waals surface area (Å²) in [4.78, 5) is 33.6. The second kappa shape index (κ2) is 10.4. The van der Waals surface area contributed by atoms with Crippen LogP contribution in [0, 0.1) is 0 Å². The molecule has 6 N–H and O–H groups in total. The van der Waals surface area contributed by atoms with Gasteiger partial charge in [0.05, 0.1) is 18.1 Å². The second-order valence-corrected chi connectivity index (χ2v) is 8.90. The molecule has 31 heavy (non-hydrogen) atoms. The minimum absolute atomic E-state index is 0.0252. The highest BCUT2D eigenvalue weighted by Crippen LogP contribution is 2.24. The Morgan fingerprint density at radius 2 is 2.10 bits per heavy atom. The number of nitrogens with one attached hydrogen (secondary N) is 2. The molecule has 10 nitrogen and oxygen atoms in total. The molecule has 0 saturated heterocycles. The number of ether oxygens (including phenoxy) is 1. The van der Waals surface area contributed by atoms with Gasteiger partial charge < -0.3 is 35.5 Å². The highest BCUT2D eigenvalue weighted by atomic mass is 32.1. The van der Waals surface area contributed by atoms with Crippen LogP contribution in [0.5, 0.6) is 0 Å². The SMILES string of the molecule is CNCC(O)C(O)C(OC(=O)c1cc2c(=O)[nH]c(Cc3cccs3)nc2s1)C(O)CO. The fourth-order valence-corrected chi connectivity index (χ4v) is 4.59. The van der Waals surface area contributed by atoms with Crippen LogP contribution in [-0.4, -0.2) is 81.0 Å². The van der Waals surface area contributed by atoms with E-state index in [0.29, 0.717) is 17.1 Å². The van der Waals surface area contributed by atoms with E-state index in [9.17, 15) is 30.0 Å². The Bertz CT molecular complexity index is 1070. The monoisotopic (exact) mass is 469 g/mol. The molecule has 0 spiro atoms. The summed E-state index contributed by atoms with van der Waals surface area (Å²) >= 11 is 2.47. The van der Waals surface area contributed by atoms with E-state index in [0.717, 1.165) is 16.2 Å². The van der Waals surface area contributed by atoms with Gasteiger partial charge in [0.2, 0.25) is 0 Å². The fraction of sp³-hybridized carbons (Fsp3) is 0.421. The van der Waals surface area contributed by atoms with Crippen molar-refractivity contribution in [1.29, 1.82) is 0 Å². The number of fused-ring (bicyclic) bond motifs is 1. The topological polar surface area (TPSA) is 165 Å². The van der Waals surface area contributed by atoms with Gasteiger partial charge >= 0.3 is 5.97 Å². The number of nitrogens with zero attached hydrogens (tertiary/aromatic N) is 1. The predicted octanol–water partition coefficient (Wildman–Crippen LogP) is -0.543. The molecular weight excluding hydrogens is 446 g/mol. The second-order valence-electron chi connectivity index (χ2n) is 6.83. The lowest BCUT2D eigenvalue weighted by Gasteiger charge is -2.29. The molecule has 4 atom stereocenters. The highest BCUT2D eigenvalue weighted by Gasteiger charge is 2.35. The molecule has 0 bridgehead atoms. The first-order valence-corrected chi connectivity index (χ1v) is 11.1. The number of hydrogen-bond acceptors (Lipinski definition) is 11. The first-order chi connectivity index (χ1) is 14.8. The van der Waals surface area contributed by atoms with Crippen LogP contribution in [0.4, 0.5) is 0 Å². The number of esters is 1. The van der Waals surface area contributed by atoms with Gasteiger partial charge in [-0.2, -0.15) is 0 Å². The van der Waals surface area contributed by atoms with Crippen LogP contribution in [0.15, 0.2) is 28.4 Å². The number of rotatable bonds is 10. The van der Waals surface area contributed by atoms with Gasteiger partial charge in [-0.25, -0.2) is 9.78 Å². The molecule has 0 radical (unpaired) electrons. The molecule has 0 aliphatic heterocycles. The van der Waals surface area contributed by atoms with Crippen LogP contribution in [0.25, 0.3) is 10.2 Å². The largest absolute Gasteiger partial charge is 0.452 e. The van der Waals surface area contributed by atoms with Crippen LogP contribution in [0.3, 0.4) is 0 Å². The number of carbonyl (C=O) groups is 1. The Hall–Kier alpha value is -2.19. The van der Waals surface area contributed by atoms with Crippen molar-refractivity contribution in [3.63, 3.8) is 0 Å². The fourth-order valence-electron chi connectivity index (χ4n) is 2.95. The number of aromatic nitrogens is 2. The zero-order valence-corrected chi connectivity index (χ0v) is 18.2. The van der Waals surface area contributed by atoms with E-state index in [1.54, 1.807) is 7.05 Å². The van der Waals surface area contributed by atoms with Gasteiger partial charge in [-0.3, -0.25) is 4.79 Å². The molecule has 0 saturated carbocycles. The minimum atomic E-state index is -1.65. The molecule has 0 aliphatic rings. The number of hydrogen-bond donors (Lipinski definition) is 6. The normalized spacial score (nSPS) is 15.5. The Morgan fingerprint density at radius 1 is 1.32 bits per heavy atom. The van der Waals surface area contributed by atoms with Crippen LogP contribution in [-0.2, 0) is 11.2 Å². The van der Waals surface area contributed by atoms with Crippen molar-refractivity contribution in [2.24, 2.45) is 0 Å². The van der Waals surface area contributed by atoms with Gasteiger partial charge in [0.1, 0.15) is 27.7 Å². The number of H-pyrrole nitrogens is 1. The van der Waals surface area contributed by atoms with Crippen molar-refractivity contribution in [1.82, 2.24) is 15.3 Å². The smallest absolute Gasteiger partial charge is 0.348 e. The number of likely N-dealkylation sites (N-methyl/N-ethyl adjacent to an activating group) is 1. The Balaban J connectivity index is 1.83. The van der Waals surface area contributed by atoms with Gasteiger partial charge in [-0.1, -0.05) is 6.07 Å². The first kappa shape index (κ1) is 23.5. The zero-order chi connectivity index (χ0) is 22.5. The van der Waals surface area contributed by atoms with Crippen molar-refractivity contribution in [3.05, 3.63) is 49.5 Å². The van der Waals surface area contributed by atoms with Crippen molar-refractivity contribution in [2.45, 2.75) is 30.8 Å². The van der Waals surface area contributed by atoms with Crippen molar-refractivity contribution < 1.29 is 30.0 Å². The molecule has 12 heteroatoms. The van der Waals surface area contributed by atoms with Crippen molar-refractivity contribution >= 4 is 38.9 Å². The maximum absolute atomic E-state index is 12.6. The molecule has 0 fully saturated rings. The van der Waals surface area contributed by atoms with Crippen LogP contribution >= 0.6 is 22.7 Å². The summed E-state index contributed by atoms with van der Waals surface area (Å²) in [7, 11) is 1.55. The summed E-state index contributed by atoms with van der Waals surface area (Å²) in [6.45, 7) is -0.816. The molecule has 3 aromatic rings. The molecule has 0 aromatic carbocycles. The Labute approximate surface area is 184 Å². The minimum Gasteiger partial charge on any atom is -0.452 e. The van der Waals surface area contributed by atoms with Gasteiger partial charge in [-0.05, 0) is 24.6 Å². The number of aliphatic hydroxyl groups excluding tert-OH is 4. The lowest BCUT2D eigenvalue weighted by Crippen LogP contribution is -2.50. The average molecular weight is 470 g/mol. The van der Waals surface area contributed by atoms with E-state index >= 15 is 0 Å². The number of aromatic amines is 1. The maximum Gasteiger partial charge on any atom is 0.348 e.